The molecule has 1 aromatic carbocycles. The molecule has 1 rings (SSSR count). The Bertz CT molecular complexity index is 486. The quantitative estimate of drug-likeness (QED) is 0.873. The smallest absolute Gasteiger partial charge is 0.326 e. The van der Waals surface area contributed by atoms with Gasteiger partial charge in [0.25, 0.3) is 5.91 Å². The molecule has 1 aromatic rings. The molecule has 0 bridgehead atoms. The summed E-state index contributed by atoms with van der Waals surface area (Å²) in [6.07, 6.45) is 0.413. The maximum Gasteiger partial charge on any atom is 0.326 e. The fraction of sp³-hybridized carbons (Fsp3) is 0.429. The molecule has 2 N–H and O–H groups in total. The maximum absolute atomic E-state index is 12.0. The molecule has 0 unspecified atom stereocenters. The molecule has 0 aliphatic heterocycles. The summed E-state index contributed by atoms with van der Waals surface area (Å²) in [7, 11) is 0. The Morgan fingerprint density at radius 1 is 1.37 bits per heavy atom. The van der Waals surface area contributed by atoms with Crippen LogP contribution in [0.1, 0.15) is 36.2 Å². The summed E-state index contributed by atoms with van der Waals surface area (Å²) in [6, 6.07) is 4.33. The van der Waals surface area contributed by atoms with Crippen molar-refractivity contribution in [1.29, 1.82) is 0 Å². The van der Waals surface area contributed by atoms with Crippen LogP contribution in [0.5, 0.6) is 0 Å². The predicted octanol–water partition coefficient (Wildman–Crippen LogP) is 2.99. The molecule has 0 aliphatic rings. The van der Waals surface area contributed by atoms with Crippen molar-refractivity contribution >= 4 is 27.8 Å². The monoisotopic (exact) mass is 327 g/mol. The Hall–Kier alpha value is -1.36. The number of benzene rings is 1. The van der Waals surface area contributed by atoms with Gasteiger partial charge < -0.3 is 10.4 Å². The zero-order valence-electron chi connectivity index (χ0n) is 11.2. The Kier molecular flexibility index (Phi) is 5.54. The third-order valence-electron chi connectivity index (χ3n) is 2.73. The Balaban J connectivity index is 2.81. The minimum absolute atomic E-state index is 0.202. The van der Waals surface area contributed by atoms with E-state index in [2.05, 4.69) is 21.2 Å². The van der Waals surface area contributed by atoms with E-state index in [1.165, 1.54) is 0 Å². The second kappa shape index (κ2) is 6.70. The zero-order valence-corrected chi connectivity index (χ0v) is 12.8. The lowest BCUT2D eigenvalue weighted by molar-refractivity contribution is -0.139. The number of carbonyl (C=O) groups is 2. The molecule has 0 fully saturated rings. The molecule has 0 heterocycles. The van der Waals surface area contributed by atoms with Crippen LogP contribution in [0.2, 0.25) is 0 Å². The number of nitrogens with one attached hydrogen (secondary N) is 1. The number of hydrogen-bond acceptors (Lipinski definition) is 2. The molecule has 4 nitrogen and oxygen atoms in total. The first kappa shape index (κ1) is 15.7. The van der Waals surface area contributed by atoms with Crippen LogP contribution in [0.3, 0.4) is 0 Å². The van der Waals surface area contributed by atoms with Gasteiger partial charge in [-0.15, -0.1) is 0 Å². The highest BCUT2D eigenvalue weighted by atomic mass is 79.9. The molecule has 1 amide bonds. The van der Waals surface area contributed by atoms with Gasteiger partial charge in [0.05, 0.1) is 0 Å². The average Bonchev–Trinajstić information content (AvgIpc) is 2.31. The van der Waals surface area contributed by atoms with Gasteiger partial charge in [-0.2, -0.15) is 0 Å². The van der Waals surface area contributed by atoms with Crippen LogP contribution in [0.15, 0.2) is 22.7 Å². The van der Waals surface area contributed by atoms with Gasteiger partial charge in [0, 0.05) is 10.0 Å². The summed E-state index contributed by atoms with van der Waals surface area (Å²) in [6.45, 7) is 5.72. The Morgan fingerprint density at radius 3 is 2.47 bits per heavy atom. The SMILES string of the molecule is Cc1cc(C(=O)N[C@H](CC(C)C)C(=O)O)ccc1Br. The van der Waals surface area contributed by atoms with Crippen LogP contribution in [0.25, 0.3) is 0 Å². The standard InChI is InChI=1S/C14H18BrNO3/c1-8(2)6-12(14(18)19)16-13(17)10-4-5-11(15)9(3)7-10/h4-5,7-8,12H,6H2,1-3H3,(H,16,17)(H,18,19)/t12-/m1/s1. The minimum atomic E-state index is -1.00. The molecule has 0 saturated heterocycles. The first-order valence-electron chi connectivity index (χ1n) is 6.11. The van der Waals surface area contributed by atoms with Crippen molar-refractivity contribution < 1.29 is 14.7 Å². The van der Waals surface area contributed by atoms with Crippen molar-refractivity contribution in [3.05, 3.63) is 33.8 Å². The number of aryl methyl sites for hydroxylation is 1. The summed E-state index contributed by atoms with van der Waals surface area (Å²) in [4.78, 5) is 23.1. The average molecular weight is 328 g/mol. The zero-order chi connectivity index (χ0) is 14.6. The van der Waals surface area contributed by atoms with Crippen molar-refractivity contribution in [3.63, 3.8) is 0 Å². The molecule has 0 saturated carbocycles. The fourth-order valence-electron chi connectivity index (χ4n) is 1.72. The largest absolute Gasteiger partial charge is 0.480 e. The van der Waals surface area contributed by atoms with Gasteiger partial charge in [0.1, 0.15) is 6.04 Å². The normalized spacial score (nSPS) is 12.3. The molecule has 0 aliphatic carbocycles. The molecular formula is C14H18BrNO3. The van der Waals surface area contributed by atoms with E-state index in [1.54, 1.807) is 18.2 Å². The number of halogens is 1. The molecule has 1 atom stereocenters. The van der Waals surface area contributed by atoms with Crippen LogP contribution < -0.4 is 5.32 Å². The summed E-state index contributed by atoms with van der Waals surface area (Å²) in [5.74, 6) is -1.16. The Labute approximate surface area is 121 Å². The lowest BCUT2D eigenvalue weighted by atomic mass is 10.0. The van der Waals surface area contributed by atoms with Crippen LogP contribution in [0.4, 0.5) is 0 Å². The third kappa shape index (κ3) is 4.67. The number of rotatable bonds is 5. The number of carbonyl (C=O) groups excluding carboxylic acids is 1. The molecule has 0 radical (unpaired) electrons. The van der Waals surface area contributed by atoms with Gasteiger partial charge >= 0.3 is 5.97 Å². The van der Waals surface area contributed by atoms with Crippen molar-refractivity contribution in [2.24, 2.45) is 5.92 Å². The van der Waals surface area contributed by atoms with Crippen LogP contribution >= 0.6 is 15.9 Å². The number of carboxylic acid groups (broad SMARTS) is 1. The highest BCUT2D eigenvalue weighted by molar-refractivity contribution is 9.10. The third-order valence-corrected chi connectivity index (χ3v) is 3.62. The van der Waals surface area contributed by atoms with Gasteiger partial charge in [-0.3, -0.25) is 4.79 Å². The molecular weight excluding hydrogens is 310 g/mol. The molecule has 0 aromatic heterocycles. The van der Waals surface area contributed by atoms with Crippen molar-refractivity contribution in [3.8, 4) is 0 Å². The van der Waals surface area contributed by atoms with Crippen molar-refractivity contribution in [2.45, 2.75) is 33.2 Å². The lowest BCUT2D eigenvalue weighted by Crippen LogP contribution is -2.41. The van der Waals surface area contributed by atoms with Crippen LogP contribution in [0, 0.1) is 12.8 Å². The lowest BCUT2D eigenvalue weighted by Gasteiger charge is -2.16. The van der Waals surface area contributed by atoms with Gasteiger partial charge in [-0.05, 0) is 43.0 Å². The highest BCUT2D eigenvalue weighted by Crippen LogP contribution is 2.17. The maximum atomic E-state index is 12.0. The topological polar surface area (TPSA) is 66.4 Å². The van der Waals surface area contributed by atoms with Crippen molar-refractivity contribution in [2.75, 3.05) is 0 Å². The summed E-state index contributed by atoms with van der Waals surface area (Å²) < 4.78 is 0.918. The molecule has 5 heteroatoms. The minimum Gasteiger partial charge on any atom is -0.480 e. The van der Waals surface area contributed by atoms with E-state index in [-0.39, 0.29) is 11.8 Å². The first-order valence-corrected chi connectivity index (χ1v) is 6.90. The molecule has 0 spiro atoms. The van der Waals surface area contributed by atoms with Gasteiger partial charge in [-0.25, -0.2) is 4.79 Å². The summed E-state index contributed by atoms with van der Waals surface area (Å²) in [5.41, 5.74) is 1.40. The number of amides is 1. The van der Waals surface area contributed by atoms with Crippen molar-refractivity contribution in [1.82, 2.24) is 5.32 Å². The summed E-state index contributed by atoms with van der Waals surface area (Å²) in [5, 5.41) is 11.7. The van der Waals surface area contributed by atoms with E-state index in [1.807, 2.05) is 20.8 Å². The predicted molar refractivity (Wildman–Crippen MR) is 77.2 cm³/mol. The van der Waals surface area contributed by atoms with E-state index >= 15 is 0 Å². The molecule has 19 heavy (non-hydrogen) atoms. The van der Waals surface area contributed by atoms with Crippen LogP contribution in [-0.4, -0.2) is 23.0 Å². The summed E-state index contributed by atoms with van der Waals surface area (Å²) >= 11 is 3.36. The fourth-order valence-corrected chi connectivity index (χ4v) is 1.97. The second-order valence-corrected chi connectivity index (χ2v) is 5.81. The second-order valence-electron chi connectivity index (χ2n) is 4.96. The number of hydrogen-bond donors (Lipinski definition) is 2. The van der Waals surface area contributed by atoms with Gasteiger partial charge in [0.2, 0.25) is 0 Å². The molecule has 104 valence electrons. The van der Waals surface area contributed by atoms with E-state index < -0.39 is 12.0 Å². The number of carboxylic acids is 1. The van der Waals surface area contributed by atoms with E-state index in [0.717, 1.165) is 10.0 Å². The van der Waals surface area contributed by atoms with Crippen LogP contribution in [-0.2, 0) is 4.79 Å². The van der Waals surface area contributed by atoms with E-state index in [4.69, 9.17) is 5.11 Å². The highest BCUT2D eigenvalue weighted by Gasteiger charge is 2.21. The Morgan fingerprint density at radius 2 is 2.00 bits per heavy atom. The van der Waals surface area contributed by atoms with E-state index in [0.29, 0.717) is 12.0 Å². The first-order chi connectivity index (χ1) is 8.81. The number of aliphatic carboxylic acids is 1. The van der Waals surface area contributed by atoms with E-state index in [9.17, 15) is 9.59 Å². The van der Waals surface area contributed by atoms with Gasteiger partial charge in [0.15, 0.2) is 0 Å². The van der Waals surface area contributed by atoms with Gasteiger partial charge in [-0.1, -0.05) is 29.8 Å².